The molecule has 192 valence electrons. The molecule has 0 unspecified atom stereocenters. The fraction of sp³-hybridized carbons (Fsp3) is 0.417. The van der Waals surface area contributed by atoms with Gasteiger partial charge < -0.3 is 20.5 Å². The molecule has 1 saturated carbocycles. The number of hydrogen-bond acceptors (Lipinski definition) is 7. The monoisotopic (exact) mass is 501 g/mol. The van der Waals surface area contributed by atoms with Crippen molar-refractivity contribution >= 4 is 17.7 Å². The molecule has 0 bridgehead atoms. The fourth-order valence-electron chi connectivity index (χ4n) is 4.07. The minimum atomic E-state index is -0.715. The Morgan fingerprint density at radius 2 is 1.92 bits per heavy atom. The first-order valence-corrected chi connectivity index (χ1v) is 11.7. The van der Waals surface area contributed by atoms with Crippen molar-refractivity contribution in [1.29, 1.82) is 0 Å². The maximum Gasteiger partial charge on any atom is 0.320 e. The molecule has 12 heteroatoms. The number of methoxy groups -OCH3 is 1. The zero-order chi connectivity index (χ0) is 26.0. The maximum absolute atomic E-state index is 14.8. The Morgan fingerprint density at radius 1 is 1.22 bits per heavy atom. The number of nitrogens with one attached hydrogen (secondary N) is 2. The minimum absolute atomic E-state index is 0.0137. The quantitative estimate of drug-likeness (QED) is 0.404. The topological polar surface area (TPSA) is 129 Å². The van der Waals surface area contributed by atoms with Crippen LogP contribution < -0.4 is 25.8 Å². The molecule has 4 rings (SSSR count). The van der Waals surface area contributed by atoms with Crippen LogP contribution in [-0.2, 0) is 6.54 Å². The second-order valence-electron chi connectivity index (χ2n) is 8.39. The van der Waals surface area contributed by atoms with E-state index in [0.29, 0.717) is 18.8 Å². The third-order valence-electron chi connectivity index (χ3n) is 5.81. The number of halogens is 2. The number of carbonyl (C=O) groups excluding carboxylic acids is 1. The number of amides is 2. The lowest BCUT2D eigenvalue weighted by Crippen LogP contribution is -2.29. The summed E-state index contributed by atoms with van der Waals surface area (Å²) in [6, 6.07) is 1.85. The smallest absolute Gasteiger partial charge is 0.320 e. The van der Waals surface area contributed by atoms with Crippen molar-refractivity contribution in [2.24, 2.45) is 0 Å². The number of urea groups is 1. The van der Waals surface area contributed by atoms with E-state index in [9.17, 15) is 13.6 Å². The number of nitrogens with zero attached hydrogens (tertiary/aromatic N) is 4. The van der Waals surface area contributed by atoms with Gasteiger partial charge in [0.15, 0.2) is 17.5 Å². The number of aromatic nitrogens is 4. The zero-order valence-corrected chi connectivity index (χ0v) is 20.6. The number of anilines is 2. The van der Waals surface area contributed by atoms with Gasteiger partial charge in [-0.25, -0.2) is 23.5 Å². The zero-order valence-electron chi connectivity index (χ0n) is 20.6. The summed E-state index contributed by atoms with van der Waals surface area (Å²) in [4.78, 5) is 20.9. The van der Waals surface area contributed by atoms with Crippen molar-refractivity contribution in [1.82, 2.24) is 25.1 Å². The lowest BCUT2D eigenvalue weighted by atomic mass is 10.1. The SMILES string of the molecule is CCNC(=O)Nc1nc(-c2nn(Cc3c(F)cc(OCC)cc3F)c(C3CC3)c2C)nc(N)c1OC. The molecule has 10 nitrogen and oxygen atoms in total. The average Bonchev–Trinajstić information content (AvgIpc) is 3.59. The van der Waals surface area contributed by atoms with Crippen molar-refractivity contribution in [3.63, 3.8) is 0 Å². The molecule has 1 aliphatic carbocycles. The van der Waals surface area contributed by atoms with Crippen LogP contribution >= 0.6 is 0 Å². The van der Waals surface area contributed by atoms with Crippen molar-refractivity contribution in [2.45, 2.75) is 46.1 Å². The number of hydrogen-bond donors (Lipinski definition) is 3. The summed E-state index contributed by atoms with van der Waals surface area (Å²) in [6.07, 6.45) is 1.88. The lowest BCUT2D eigenvalue weighted by Gasteiger charge is -2.12. The molecular formula is C24H29F2N7O3. The van der Waals surface area contributed by atoms with E-state index in [2.05, 4.69) is 25.7 Å². The summed E-state index contributed by atoms with van der Waals surface area (Å²) in [5.74, 6) is -0.722. The van der Waals surface area contributed by atoms with Crippen molar-refractivity contribution in [3.8, 4) is 23.0 Å². The van der Waals surface area contributed by atoms with Gasteiger partial charge in [0, 0.05) is 41.4 Å². The van der Waals surface area contributed by atoms with E-state index in [1.165, 1.54) is 19.2 Å². The number of ether oxygens (including phenoxy) is 2. The van der Waals surface area contributed by atoms with Crippen LogP contribution in [0.4, 0.5) is 25.2 Å². The van der Waals surface area contributed by atoms with Gasteiger partial charge in [-0.2, -0.15) is 5.10 Å². The van der Waals surface area contributed by atoms with Crippen molar-refractivity contribution < 1.29 is 23.0 Å². The number of nitrogens with two attached hydrogens (primary N) is 1. The normalized spacial score (nSPS) is 12.9. The highest BCUT2D eigenvalue weighted by Gasteiger charge is 2.33. The van der Waals surface area contributed by atoms with Crippen LogP contribution in [0.2, 0.25) is 0 Å². The van der Waals surface area contributed by atoms with Crippen LogP contribution in [0.1, 0.15) is 49.4 Å². The average molecular weight is 502 g/mol. The summed E-state index contributed by atoms with van der Waals surface area (Å²) in [5, 5.41) is 9.86. The minimum Gasteiger partial charge on any atom is -0.494 e. The van der Waals surface area contributed by atoms with Crippen LogP contribution in [-0.4, -0.2) is 46.0 Å². The van der Waals surface area contributed by atoms with E-state index >= 15 is 0 Å². The summed E-state index contributed by atoms with van der Waals surface area (Å²) in [5.41, 5.74) is 8.00. The van der Waals surface area contributed by atoms with Crippen LogP contribution in [0.15, 0.2) is 12.1 Å². The summed E-state index contributed by atoms with van der Waals surface area (Å²) in [7, 11) is 1.39. The molecule has 0 atom stereocenters. The number of nitrogen functional groups attached to an aromatic ring is 1. The molecule has 0 spiro atoms. The Labute approximate surface area is 207 Å². The Hall–Kier alpha value is -3.96. The van der Waals surface area contributed by atoms with E-state index in [0.717, 1.165) is 24.1 Å². The predicted molar refractivity (Wildman–Crippen MR) is 130 cm³/mol. The van der Waals surface area contributed by atoms with Gasteiger partial charge >= 0.3 is 6.03 Å². The first-order chi connectivity index (χ1) is 17.3. The van der Waals surface area contributed by atoms with Crippen molar-refractivity contribution in [3.05, 3.63) is 40.6 Å². The standard InChI is InChI=1S/C24H29F2N7O3/c1-5-28-24(34)31-23-20(35-4)21(27)29-22(30-23)18-12(3)19(13-7-8-13)33(32-18)11-15-16(25)9-14(36-6-2)10-17(15)26/h9-10,13H,5-8,11H2,1-4H3,(H4,27,28,29,30,31,34). The molecule has 2 aromatic heterocycles. The molecule has 3 aromatic rings. The number of carbonyl (C=O) groups is 1. The molecule has 36 heavy (non-hydrogen) atoms. The van der Waals surface area contributed by atoms with Gasteiger partial charge in [-0.3, -0.25) is 10.00 Å². The summed E-state index contributed by atoms with van der Waals surface area (Å²) >= 11 is 0. The molecule has 1 aromatic carbocycles. The molecule has 1 fully saturated rings. The van der Waals surface area contributed by atoms with E-state index in [-0.39, 0.29) is 47.0 Å². The van der Waals surface area contributed by atoms with Gasteiger partial charge in [0.25, 0.3) is 0 Å². The molecule has 0 radical (unpaired) electrons. The van der Waals surface area contributed by atoms with Crippen LogP contribution in [0.5, 0.6) is 11.5 Å². The van der Waals surface area contributed by atoms with E-state index in [4.69, 9.17) is 15.2 Å². The van der Waals surface area contributed by atoms with Gasteiger partial charge in [0.2, 0.25) is 5.75 Å². The van der Waals surface area contributed by atoms with Gasteiger partial charge in [-0.05, 0) is 33.6 Å². The van der Waals surface area contributed by atoms with Crippen molar-refractivity contribution in [2.75, 3.05) is 31.3 Å². The fourth-order valence-corrected chi connectivity index (χ4v) is 4.07. The third-order valence-corrected chi connectivity index (χ3v) is 5.81. The second-order valence-corrected chi connectivity index (χ2v) is 8.39. The Morgan fingerprint density at radius 3 is 2.50 bits per heavy atom. The first-order valence-electron chi connectivity index (χ1n) is 11.7. The van der Waals surface area contributed by atoms with E-state index in [1.807, 2.05) is 6.92 Å². The molecular weight excluding hydrogens is 472 g/mol. The highest BCUT2D eigenvalue weighted by Crippen LogP contribution is 2.44. The maximum atomic E-state index is 14.8. The largest absolute Gasteiger partial charge is 0.494 e. The number of rotatable bonds is 9. The molecule has 0 aliphatic heterocycles. The lowest BCUT2D eigenvalue weighted by molar-refractivity contribution is 0.252. The van der Waals surface area contributed by atoms with Gasteiger partial charge in [-0.1, -0.05) is 0 Å². The van der Waals surface area contributed by atoms with Gasteiger partial charge in [-0.15, -0.1) is 0 Å². The van der Waals surface area contributed by atoms with Gasteiger partial charge in [0.1, 0.15) is 23.1 Å². The molecule has 0 saturated heterocycles. The molecule has 2 heterocycles. The van der Waals surface area contributed by atoms with E-state index < -0.39 is 17.7 Å². The first kappa shape index (κ1) is 25.1. The number of benzene rings is 1. The van der Waals surface area contributed by atoms with Gasteiger partial charge in [0.05, 0.1) is 20.3 Å². The Kier molecular flexibility index (Phi) is 7.22. The molecule has 2 amide bonds. The second kappa shape index (κ2) is 10.3. The molecule has 4 N–H and O–H groups in total. The Bertz CT molecular complexity index is 1270. The van der Waals surface area contributed by atoms with Crippen LogP contribution in [0, 0.1) is 18.6 Å². The Balaban J connectivity index is 1.76. The highest BCUT2D eigenvalue weighted by atomic mass is 19.1. The highest BCUT2D eigenvalue weighted by molar-refractivity contribution is 5.91. The van der Waals surface area contributed by atoms with Crippen LogP contribution in [0.3, 0.4) is 0 Å². The third kappa shape index (κ3) is 5.02. The summed E-state index contributed by atoms with van der Waals surface area (Å²) in [6.45, 7) is 5.97. The molecule has 1 aliphatic rings. The van der Waals surface area contributed by atoms with Crippen LogP contribution in [0.25, 0.3) is 11.5 Å². The summed E-state index contributed by atoms with van der Waals surface area (Å²) < 4.78 is 41.7. The van der Waals surface area contributed by atoms with E-state index in [1.54, 1.807) is 18.5 Å². The predicted octanol–water partition coefficient (Wildman–Crippen LogP) is 3.98.